The van der Waals surface area contributed by atoms with Crippen LogP contribution in [-0.2, 0) is 6.42 Å². The van der Waals surface area contributed by atoms with E-state index in [9.17, 15) is 28.1 Å². The van der Waals surface area contributed by atoms with Gasteiger partial charge in [0.25, 0.3) is 11.6 Å². The third-order valence-electron chi connectivity index (χ3n) is 3.58. The number of carbonyl (C=O) groups is 1. The molecule has 11 heteroatoms. The molecule has 0 aliphatic carbocycles. The summed E-state index contributed by atoms with van der Waals surface area (Å²) in [6.07, 6.45) is -2.40. The van der Waals surface area contributed by atoms with Gasteiger partial charge in [0.15, 0.2) is 6.61 Å². The summed E-state index contributed by atoms with van der Waals surface area (Å²) in [6.45, 7) is 0.621. The first-order valence-electron chi connectivity index (χ1n) is 8.33. The van der Waals surface area contributed by atoms with Crippen LogP contribution in [0.1, 0.15) is 33.9 Å². The molecule has 1 aromatic carbocycles. The Morgan fingerprint density at radius 3 is 2.71 bits per heavy atom. The van der Waals surface area contributed by atoms with Gasteiger partial charge in [-0.25, -0.2) is 4.98 Å². The number of thiazole rings is 1. The summed E-state index contributed by atoms with van der Waals surface area (Å²) in [5.74, 6) is -1.01. The quantitative estimate of drug-likeness (QED) is 0.377. The number of aromatic nitrogens is 1. The number of nitrogens with zero attached hydrogens (tertiary/aromatic N) is 2. The second-order valence-electron chi connectivity index (χ2n) is 5.94. The normalized spacial score (nSPS) is 11.3. The third-order valence-corrected chi connectivity index (χ3v) is 4.61. The molecule has 0 spiro atoms. The predicted molar refractivity (Wildman–Crippen MR) is 96.8 cm³/mol. The standard InChI is InChI=1S/C17H18F3N3O4S/c1-11-9-28-15(22-11)4-2-3-7-21-16(24)13-8-12(27-10-17(18,19)20)5-6-14(13)23(25)26/h5-6,8-9H,2-4,7,10H2,1H3,(H,21,24). The molecule has 0 radical (unpaired) electrons. The van der Waals surface area contributed by atoms with E-state index in [1.165, 1.54) is 0 Å². The number of amides is 1. The Hall–Kier alpha value is -2.69. The van der Waals surface area contributed by atoms with Crippen LogP contribution < -0.4 is 10.1 Å². The van der Waals surface area contributed by atoms with E-state index in [4.69, 9.17) is 0 Å². The number of halogens is 3. The molecule has 0 aliphatic rings. The maximum atomic E-state index is 12.3. The summed E-state index contributed by atoms with van der Waals surface area (Å²) in [6, 6.07) is 2.92. The van der Waals surface area contributed by atoms with Gasteiger partial charge in [0.1, 0.15) is 11.3 Å². The van der Waals surface area contributed by atoms with Gasteiger partial charge in [0.2, 0.25) is 0 Å². The van der Waals surface area contributed by atoms with E-state index >= 15 is 0 Å². The average molecular weight is 417 g/mol. The van der Waals surface area contributed by atoms with Crippen molar-refractivity contribution in [3.8, 4) is 5.75 Å². The minimum atomic E-state index is -4.56. The first kappa shape index (κ1) is 21.6. The van der Waals surface area contributed by atoms with Crippen LogP contribution in [0.5, 0.6) is 5.75 Å². The van der Waals surface area contributed by atoms with Crippen molar-refractivity contribution in [3.05, 3.63) is 50.0 Å². The maximum absolute atomic E-state index is 12.3. The lowest BCUT2D eigenvalue weighted by Gasteiger charge is -2.11. The van der Waals surface area contributed by atoms with E-state index < -0.39 is 29.3 Å². The monoisotopic (exact) mass is 417 g/mol. The molecule has 7 nitrogen and oxygen atoms in total. The van der Waals surface area contributed by atoms with Crippen LogP contribution in [0, 0.1) is 17.0 Å². The van der Waals surface area contributed by atoms with Crippen LogP contribution in [0.3, 0.4) is 0 Å². The number of alkyl halides is 3. The van der Waals surface area contributed by atoms with E-state index in [-0.39, 0.29) is 17.9 Å². The number of unbranched alkanes of at least 4 members (excludes halogenated alkanes) is 1. The molecule has 2 aromatic rings. The third kappa shape index (κ3) is 6.80. The molecular formula is C17H18F3N3O4S. The molecule has 1 N–H and O–H groups in total. The highest BCUT2D eigenvalue weighted by Crippen LogP contribution is 2.26. The first-order valence-corrected chi connectivity index (χ1v) is 9.21. The lowest BCUT2D eigenvalue weighted by Crippen LogP contribution is -2.25. The number of nitrogens with one attached hydrogen (secondary N) is 1. The van der Waals surface area contributed by atoms with Crippen molar-refractivity contribution in [2.75, 3.05) is 13.2 Å². The highest BCUT2D eigenvalue weighted by Gasteiger charge is 2.29. The molecule has 152 valence electrons. The van der Waals surface area contributed by atoms with Crippen LogP contribution in [0.25, 0.3) is 0 Å². The molecule has 28 heavy (non-hydrogen) atoms. The second-order valence-corrected chi connectivity index (χ2v) is 6.88. The Bertz CT molecular complexity index is 839. The SMILES string of the molecule is Cc1csc(CCCCNC(=O)c2cc(OCC(F)(F)F)ccc2[N+](=O)[O-])n1. The zero-order valence-corrected chi connectivity index (χ0v) is 15.7. The minimum absolute atomic E-state index is 0.271. The molecular weight excluding hydrogens is 399 g/mol. The van der Waals surface area contributed by atoms with Gasteiger partial charge in [-0.05, 0) is 38.3 Å². The second kappa shape index (κ2) is 9.49. The maximum Gasteiger partial charge on any atom is 0.422 e. The van der Waals surface area contributed by atoms with E-state index in [0.29, 0.717) is 6.42 Å². The summed E-state index contributed by atoms with van der Waals surface area (Å²) in [7, 11) is 0. The zero-order valence-electron chi connectivity index (χ0n) is 14.9. The number of rotatable bonds is 9. The minimum Gasteiger partial charge on any atom is -0.484 e. The van der Waals surface area contributed by atoms with E-state index in [1.807, 2.05) is 12.3 Å². The summed E-state index contributed by atoms with van der Waals surface area (Å²) in [5.41, 5.74) is 0.101. The smallest absolute Gasteiger partial charge is 0.422 e. The van der Waals surface area contributed by atoms with Gasteiger partial charge in [-0.15, -0.1) is 11.3 Å². The van der Waals surface area contributed by atoms with Gasteiger partial charge < -0.3 is 10.1 Å². The fourth-order valence-electron chi connectivity index (χ4n) is 2.33. The highest BCUT2D eigenvalue weighted by atomic mass is 32.1. The van der Waals surface area contributed by atoms with Crippen LogP contribution >= 0.6 is 11.3 Å². The fraction of sp³-hybridized carbons (Fsp3) is 0.412. The number of carbonyl (C=O) groups excluding carboxylic acids is 1. The summed E-state index contributed by atoms with van der Waals surface area (Å²) in [5, 5.41) is 16.6. The number of hydrogen-bond acceptors (Lipinski definition) is 6. The van der Waals surface area contributed by atoms with Crippen molar-refractivity contribution in [2.45, 2.75) is 32.4 Å². The van der Waals surface area contributed by atoms with Crippen molar-refractivity contribution in [1.82, 2.24) is 10.3 Å². The molecule has 0 atom stereocenters. The largest absolute Gasteiger partial charge is 0.484 e. The molecule has 1 amide bonds. The number of benzene rings is 1. The summed E-state index contributed by atoms with van der Waals surface area (Å²) < 4.78 is 41.3. The van der Waals surface area contributed by atoms with Gasteiger partial charge in [-0.3, -0.25) is 14.9 Å². The fourth-order valence-corrected chi connectivity index (χ4v) is 3.15. The van der Waals surface area contributed by atoms with Gasteiger partial charge >= 0.3 is 6.18 Å². The molecule has 0 bridgehead atoms. The molecule has 1 heterocycles. The highest BCUT2D eigenvalue weighted by molar-refractivity contribution is 7.09. The zero-order chi connectivity index (χ0) is 20.7. The van der Waals surface area contributed by atoms with Gasteiger partial charge in [-0.1, -0.05) is 0 Å². The van der Waals surface area contributed by atoms with E-state index in [0.717, 1.165) is 41.7 Å². The average Bonchev–Trinajstić information content (AvgIpc) is 3.03. The molecule has 0 saturated heterocycles. The molecule has 1 aromatic heterocycles. The number of nitro groups is 1. The summed E-state index contributed by atoms with van der Waals surface area (Å²) >= 11 is 1.56. The molecule has 0 unspecified atom stereocenters. The summed E-state index contributed by atoms with van der Waals surface area (Å²) in [4.78, 5) is 26.9. The molecule has 0 saturated carbocycles. The van der Waals surface area contributed by atoms with Crippen molar-refractivity contribution in [3.63, 3.8) is 0 Å². The van der Waals surface area contributed by atoms with Crippen LogP contribution in [0.15, 0.2) is 23.6 Å². The first-order chi connectivity index (χ1) is 13.2. The van der Waals surface area contributed by atoms with Gasteiger partial charge in [0.05, 0.1) is 9.93 Å². The van der Waals surface area contributed by atoms with Crippen molar-refractivity contribution < 1.29 is 27.6 Å². The van der Waals surface area contributed by atoms with E-state index in [2.05, 4.69) is 15.0 Å². The molecule has 2 rings (SSSR count). The van der Waals surface area contributed by atoms with Crippen molar-refractivity contribution in [2.24, 2.45) is 0 Å². The van der Waals surface area contributed by atoms with Crippen LogP contribution in [0.2, 0.25) is 0 Å². The Morgan fingerprint density at radius 2 is 2.11 bits per heavy atom. The lowest BCUT2D eigenvalue weighted by atomic mass is 10.1. The number of nitro benzene ring substituents is 1. The van der Waals surface area contributed by atoms with Crippen LogP contribution in [0.4, 0.5) is 18.9 Å². The van der Waals surface area contributed by atoms with Gasteiger partial charge in [-0.2, -0.15) is 13.2 Å². The Morgan fingerprint density at radius 1 is 1.36 bits per heavy atom. The number of aryl methyl sites for hydroxylation is 2. The predicted octanol–water partition coefficient (Wildman–Crippen LogP) is 4.05. The van der Waals surface area contributed by atoms with Gasteiger partial charge in [0, 0.05) is 23.7 Å². The Balaban J connectivity index is 1.92. The number of ether oxygens (including phenoxy) is 1. The lowest BCUT2D eigenvalue weighted by molar-refractivity contribution is -0.385. The molecule has 0 aliphatic heterocycles. The molecule has 0 fully saturated rings. The van der Waals surface area contributed by atoms with Crippen molar-refractivity contribution >= 4 is 22.9 Å². The number of hydrogen-bond donors (Lipinski definition) is 1. The topological polar surface area (TPSA) is 94.4 Å². The van der Waals surface area contributed by atoms with E-state index in [1.54, 1.807) is 11.3 Å². The van der Waals surface area contributed by atoms with Crippen LogP contribution in [-0.4, -0.2) is 35.1 Å². The van der Waals surface area contributed by atoms with Crippen molar-refractivity contribution in [1.29, 1.82) is 0 Å². The Kier molecular flexibility index (Phi) is 7.32. The Labute approximate surface area is 162 Å².